The third kappa shape index (κ3) is 8.23. The van der Waals surface area contributed by atoms with E-state index in [9.17, 15) is 9.59 Å². The van der Waals surface area contributed by atoms with Crippen LogP contribution in [-0.2, 0) is 14.3 Å². The van der Waals surface area contributed by atoms with Gasteiger partial charge in [-0.3, -0.25) is 9.59 Å². The molecule has 5 heteroatoms. The molecule has 0 atom stereocenters. The minimum Gasteiger partial charge on any atom is -0.481 e. The summed E-state index contributed by atoms with van der Waals surface area (Å²) in [6.07, 6.45) is 1.57. The molecular weight excluding hydrogens is 210 g/mol. The lowest BCUT2D eigenvalue weighted by Gasteiger charge is -2.25. The van der Waals surface area contributed by atoms with Gasteiger partial charge in [-0.05, 0) is 26.7 Å². The molecule has 0 aliphatic heterocycles. The molecule has 0 aromatic heterocycles. The monoisotopic (exact) mass is 231 g/mol. The molecule has 0 aromatic carbocycles. The van der Waals surface area contributed by atoms with Crippen molar-refractivity contribution in [2.24, 2.45) is 0 Å². The molecule has 0 heterocycles. The van der Waals surface area contributed by atoms with Gasteiger partial charge in [0, 0.05) is 32.1 Å². The second-order valence-corrected chi connectivity index (χ2v) is 4.42. The zero-order chi connectivity index (χ0) is 12.6. The van der Waals surface area contributed by atoms with Gasteiger partial charge >= 0.3 is 5.97 Å². The fourth-order valence-corrected chi connectivity index (χ4v) is 1.30. The maximum atomic E-state index is 11.5. The molecule has 0 aliphatic rings. The number of ether oxygens (including phenoxy) is 1. The Hall–Kier alpha value is -1.10. The number of hydrogen-bond acceptors (Lipinski definition) is 3. The molecule has 0 radical (unpaired) electrons. The second kappa shape index (κ2) is 7.22. The molecule has 0 saturated heterocycles. The Morgan fingerprint density at radius 1 is 1.31 bits per heavy atom. The Balaban J connectivity index is 3.85. The highest BCUT2D eigenvalue weighted by atomic mass is 16.5. The van der Waals surface area contributed by atoms with Gasteiger partial charge in [0.1, 0.15) is 0 Å². The van der Waals surface area contributed by atoms with Gasteiger partial charge in [0.2, 0.25) is 5.91 Å². The molecule has 0 aliphatic carbocycles. The van der Waals surface area contributed by atoms with Gasteiger partial charge in [-0.2, -0.15) is 0 Å². The molecule has 1 amide bonds. The molecular formula is C11H21NO4. The molecule has 0 saturated carbocycles. The van der Waals surface area contributed by atoms with Crippen molar-refractivity contribution in [3.8, 4) is 0 Å². The van der Waals surface area contributed by atoms with Crippen LogP contribution in [0.1, 0.15) is 39.5 Å². The molecule has 0 spiro atoms. The van der Waals surface area contributed by atoms with Crippen LogP contribution in [-0.4, -0.2) is 36.2 Å². The van der Waals surface area contributed by atoms with E-state index in [1.54, 1.807) is 7.11 Å². The van der Waals surface area contributed by atoms with E-state index in [1.165, 1.54) is 0 Å². The minimum absolute atomic E-state index is 0.0609. The van der Waals surface area contributed by atoms with E-state index >= 15 is 0 Å². The Labute approximate surface area is 96.2 Å². The number of carbonyl (C=O) groups excluding carboxylic acids is 1. The van der Waals surface area contributed by atoms with Gasteiger partial charge in [0.15, 0.2) is 0 Å². The first-order valence-corrected chi connectivity index (χ1v) is 5.39. The summed E-state index contributed by atoms with van der Waals surface area (Å²) in [6.45, 7) is 4.21. The third-order valence-electron chi connectivity index (χ3n) is 2.19. The quantitative estimate of drug-likeness (QED) is 0.615. The fraction of sp³-hybridized carbons (Fsp3) is 0.818. The Kier molecular flexibility index (Phi) is 6.72. The largest absolute Gasteiger partial charge is 0.481 e. The van der Waals surface area contributed by atoms with Crippen molar-refractivity contribution in [1.29, 1.82) is 0 Å². The first-order chi connectivity index (χ1) is 7.37. The maximum Gasteiger partial charge on any atom is 0.303 e. The number of hydrogen-bond donors (Lipinski definition) is 2. The minimum atomic E-state index is -0.846. The van der Waals surface area contributed by atoms with Crippen LogP contribution in [0.2, 0.25) is 0 Å². The van der Waals surface area contributed by atoms with Crippen LogP contribution in [0.3, 0.4) is 0 Å². The van der Waals surface area contributed by atoms with Crippen LogP contribution in [0, 0.1) is 0 Å². The maximum absolute atomic E-state index is 11.5. The Morgan fingerprint density at radius 3 is 2.44 bits per heavy atom. The molecule has 0 bridgehead atoms. The highest BCUT2D eigenvalue weighted by molar-refractivity contribution is 5.76. The molecule has 0 aromatic rings. The average Bonchev–Trinajstić information content (AvgIpc) is 2.15. The summed E-state index contributed by atoms with van der Waals surface area (Å²) in [5.41, 5.74) is -0.470. The van der Waals surface area contributed by atoms with E-state index in [0.29, 0.717) is 25.9 Å². The summed E-state index contributed by atoms with van der Waals surface area (Å²) in [5.74, 6) is -0.908. The second-order valence-electron chi connectivity index (χ2n) is 4.42. The molecule has 5 nitrogen and oxygen atoms in total. The Bertz CT molecular complexity index is 238. The molecule has 16 heavy (non-hydrogen) atoms. The number of methoxy groups -OCH3 is 1. The van der Waals surface area contributed by atoms with E-state index < -0.39 is 11.5 Å². The van der Waals surface area contributed by atoms with Crippen molar-refractivity contribution in [1.82, 2.24) is 5.32 Å². The molecule has 94 valence electrons. The van der Waals surface area contributed by atoms with E-state index in [4.69, 9.17) is 9.84 Å². The summed E-state index contributed by atoms with van der Waals surface area (Å²) in [5, 5.41) is 11.4. The number of carboxylic acid groups (broad SMARTS) is 1. The number of rotatable bonds is 8. The summed E-state index contributed by atoms with van der Waals surface area (Å²) in [7, 11) is 1.59. The number of carboxylic acids is 1. The van der Waals surface area contributed by atoms with Gasteiger partial charge in [0.25, 0.3) is 0 Å². The summed E-state index contributed by atoms with van der Waals surface area (Å²) in [6, 6.07) is 0. The number of amides is 1. The number of carbonyl (C=O) groups is 2. The van der Waals surface area contributed by atoms with Crippen LogP contribution < -0.4 is 5.32 Å². The number of aliphatic carboxylic acids is 1. The van der Waals surface area contributed by atoms with Gasteiger partial charge < -0.3 is 15.2 Å². The summed E-state index contributed by atoms with van der Waals surface area (Å²) < 4.78 is 4.84. The first kappa shape index (κ1) is 14.9. The van der Waals surface area contributed by atoms with Crippen LogP contribution in [0.4, 0.5) is 0 Å². The average molecular weight is 231 g/mol. The highest BCUT2D eigenvalue weighted by Gasteiger charge is 2.20. The zero-order valence-corrected chi connectivity index (χ0v) is 10.2. The van der Waals surface area contributed by atoms with Crippen LogP contribution >= 0.6 is 0 Å². The lowest BCUT2D eigenvalue weighted by Crippen LogP contribution is -2.43. The van der Waals surface area contributed by atoms with E-state index in [2.05, 4.69) is 5.32 Å². The first-order valence-electron chi connectivity index (χ1n) is 5.39. The fourth-order valence-electron chi connectivity index (χ4n) is 1.30. The predicted octanol–water partition coefficient (Wildman–Crippen LogP) is 1.17. The van der Waals surface area contributed by atoms with Crippen molar-refractivity contribution in [2.75, 3.05) is 13.7 Å². The van der Waals surface area contributed by atoms with Crippen molar-refractivity contribution in [2.45, 2.75) is 45.1 Å². The molecule has 0 rings (SSSR count). The van der Waals surface area contributed by atoms with Crippen LogP contribution in [0.25, 0.3) is 0 Å². The molecule has 0 unspecified atom stereocenters. The zero-order valence-electron chi connectivity index (χ0n) is 10.2. The van der Waals surface area contributed by atoms with Gasteiger partial charge in [-0.15, -0.1) is 0 Å². The molecule has 0 fully saturated rings. The normalized spacial score (nSPS) is 11.2. The van der Waals surface area contributed by atoms with Crippen molar-refractivity contribution in [3.05, 3.63) is 0 Å². The third-order valence-corrected chi connectivity index (χ3v) is 2.19. The summed E-state index contributed by atoms with van der Waals surface area (Å²) in [4.78, 5) is 21.9. The summed E-state index contributed by atoms with van der Waals surface area (Å²) >= 11 is 0. The predicted molar refractivity (Wildman–Crippen MR) is 60.2 cm³/mol. The SMILES string of the molecule is COCCCC(=O)NC(C)(C)CCC(=O)O. The number of nitrogens with one attached hydrogen (secondary N) is 1. The van der Waals surface area contributed by atoms with Crippen LogP contribution in [0.15, 0.2) is 0 Å². The molecule has 2 N–H and O–H groups in total. The topological polar surface area (TPSA) is 75.6 Å². The lowest BCUT2D eigenvalue weighted by molar-refractivity contribution is -0.137. The lowest BCUT2D eigenvalue weighted by atomic mass is 9.98. The van der Waals surface area contributed by atoms with Crippen molar-refractivity contribution < 1.29 is 19.4 Å². The van der Waals surface area contributed by atoms with Gasteiger partial charge in [0.05, 0.1) is 0 Å². The van der Waals surface area contributed by atoms with E-state index in [-0.39, 0.29) is 12.3 Å². The van der Waals surface area contributed by atoms with Crippen molar-refractivity contribution in [3.63, 3.8) is 0 Å². The van der Waals surface area contributed by atoms with Gasteiger partial charge in [-0.25, -0.2) is 0 Å². The smallest absolute Gasteiger partial charge is 0.303 e. The van der Waals surface area contributed by atoms with E-state index in [1.807, 2.05) is 13.8 Å². The van der Waals surface area contributed by atoms with Gasteiger partial charge in [-0.1, -0.05) is 0 Å². The Morgan fingerprint density at radius 2 is 1.94 bits per heavy atom. The van der Waals surface area contributed by atoms with Crippen LogP contribution in [0.5, 0.6) is 0 Å². The standard InChI is InChI=1S/C11H21NO4/c1-11(2,7-6-10(14)15)12-9(13)5-4-8-16-3/h4-8H2,1-3H3,(H,12,13)(H,14,15). The van der Waals surface area contributed by atoms with Crippen molar-refractivity contribution >= 4 is 11.9 Å². The van der Waals surface area contributed by atoms with E-state index in [0.717, 1.165) is 0 Å². The highest BCUT2D eigenvalue weighted by Crippen LogP contribution is 2.11.